The largest absolute Gasteiger partial charge is 0.386 e. The Bertz CT molecular complexity index is 897. The zero-order valence-corrected chi connectivity index (χ0v) is 15.2. The van der Waals surface area contributed by atoms with Crippen LogP contribution in [0.2, 0.25) is 0 Å². The van der Waals surface area contributed by atoms with Gasteiger partial charge in [-0.05, 0) is 44.2 Å². The second-order valence-corrected chi connectivity index (χ2v) is 7.40. The van der Waals surface area contributed by atoms with Gasteiger partial charge < -0.3 is 14.6 Å². The number of aryl methyl sites for hydroxylation is 1. The molecule has 0 saturated heterocycles. The molecule has 25 heavy (non-hydrogen) atoms. The minimum Gasteiger partial charge on any atom is -0.386 e. The molecule has 2 atom stereocenters. The molecule has 0 aliphatic carbocycles. The lowest BCUT2D eigenvalue weighted by Crippen LogP contribution is -2.28. The number of hydrogen-bond acceptors (Lipinski definition) is 2. The highest BCUT2D eigenvalue weighted by Crippen LogP contribution is 2.37. The van der Waals surface area contributed by atoms with Gasteiger partial charge in [0.25, 0.3) is 0 Å². The smallest absolute Gasteiger partial charge is 0.0994 e. The topological polar surface area (TPSA) is 28.4 Å². The molecule has 1 N–H and O–H groups in total. The summed E-state index contributed by atoms with van der Waals surface area (Å²) in [5, 5.41) is 12.3. The van der Waals surface area contributed by atoms with Gasteiger partial charge in [0.05, 0.1) is 12.1 Å². The lowest BCUT2D eigenvalue weighted by Gasteiger charge is -2.28. The van der Waals surface area contributed by atoms with Gasteiger partial charge >= 0.3 is 0 Å². The second-order valence-electron chi connectivity index (χ2n) is 7.40. The average molecular weight is 334 g/mol. The summed E-state index contributed by atoms with van der Waals surface area (Å²) in [6.07, 6.45) is 0.521. The van der Waals surface area contributed by atoms with Gasteiger partial charge in [-0.25, -0.2) is 0 Å². The summed E-state index contributed by atoms with van der Waals surface area (Å²) >= 11 is 0. The average Bonchev–Trinajstić information content (AvgIpc) is 2.94. The van der Waals surface area contributed by atoms with Crippen LogP contribution in [0.5, 0.6) is 0 Å². The Morgan fingerprint density at radius 2 is 1.84 bits per heavy atom. The van der Waals surface area contributed by atoms with E-state index in [1.807, 2.05) is 30.3 Å². The van der Waals surface area contributed by atoms with Crippen molar-refractivity contribution in [3.05, 3.63) is 70.9 Å². The predicted molar refractivity (Wildman–Crippen MR) is 103 cm³/mol. The number of hydrogen-bond donors (Lipinski definition) is 1. The molecule has 3 heteroatoms. The van der Waals surface area contributed by atoms with E-state index in [4.69, 9.17) is 0 Å². The minimum atomic E-state index is -0.512. The number of fused-ring (bicyclic) bond motifs is 3. The van der Waals surface area contributed by atoms with Gasteiger partial charge in [-0.2, -0.15) is 0 Å². The van der Waals surface area contributed by atoms with Crippen molar-refractivity contribution in [1.82, 2.24) is 9.47 Å². The quantitative estimate of drug-likeness (QED) is 0.776. The van der Waals surface area contributed by atoms with Crippen LogP contribution < -0.4 is 0 Å². The van der Waals surface area contributed by atoms with Crippen molar-refractivity contribution in [3.8, 4) is 0 Å². The Labute approximate surface area is 149 Å². The molecule has 0 bridgehead atoms. The first-order valence-electron chi connectivity index (χ1n) is 9.10. The third-order valence-corrected chi connectivity index (χ3v) is 5.54. The Hall–Kier alpha value is -2.10. The van der Waals surface area contributed by atoms with Gasteiger partial charge in [-0.1, -0.05) is 42.0 Å². The molecular formula is C22H26N2O. The van der Waals surface area contributed by atoms with Gasteiger partial charge in [0.2, 0.25) is 0 Å². The summed E-state index contributed by atoms with van der Waals surface area (Å²) in [6.45, 7) is 6.33. The maximum atomic E-state index is 11.0. The molecule has 3 aromatic rings. The van der Waals surface area contributed by atoms with Crippen molar-refractivity contribution in [3.63, 3.8) is 0 Å². The van der Waals surface area contributed by atoms with E-state index in [0.717, 1.165) is 25.1 Å². The number of benzene rings is 2. The van der Waals surface area contributed by atoms with Crippen LogP contribution in [0.1, 0.15) is 41.5 Å². The molecule has 2 heterocycles. The predicted octanol–water partition coefficient (Wildman–Crippen LogP) is 4.23. The fraction of sp³-hybridized carbons (Fsp3) is 0.364. The zero-order chi connectivity index (χ0) is 17.6. The summed E-state index contributed by atoms with van der Waals surface area (Å²) in [6, 6.07) is 16.7. The molecule has 4 rings (SSSR count). The van der Waals surface area contributed by atoms with E-state index < -0.39 is 6.10 Å². The van der Waals surface area contributed by atoms with Gasteiger partial charge in [-0.15, -0.1) is 0 Å². The summed E-state index contributed by atoms with van der Waals surface area (Å²) < 4.78 is 2.38. The Morgan fingerprint density at radius 3 is 2.60 bits per heavy atom. The first-order chi connectivity index (χ1) is 12.1. The van der Waals surface area contributed by atoms with E-state index >= 15 is 0 Å². The maximum Gasteiger partial charge on any atom is 0.0994 e. The Balaban J connectivity index is 1.87. The van der Waals surface area contributed by atoms with Gasteiger partial charge in [0.1, 0.15) is 0 Å². The molecule has 0 fully saturated rings. The van der Waals surface area contributed by atoms with E-state index in [-0.39, 0.29) is 6.04 Å². The van der Waals surface area contributed by atoms with Gasteiger partial charge in [-0.3, -0.25) is 0 Å². The van der Waals surface area contributed by atoms with E-state index in [2.05, 4.69) is 48.6 Å². The van der Waals surface area contributed by atoms with Crippen LogP contribution in [0, 0.1) is 6.92 Å². The van der Waals surface area contributed by atoms with Crippen molar-refractivity contribution >= 4 is 10.9 Å². The van der Waals surface area contributed by atoms with Crippen LogP contribution >= 0.6 is 0 Å². The van der Waals surface area contributed by atoms with Crippen LogP contribution in [-0.4, -0.2) is 28.2 Å². The molecule has 1 aliphatic heterocycles. The first-order valence-corrected chi connectivity index (χ1v) is 9.10. The van der Waals surface area contributed by atoms with Gasteiger partial charge in [0, 0.05) is 36.1 Å². The summed E-state index contributed by atoms with van der Waals surface area (Å²) in [7, 11) is 2.18. The molecule has 0 spiro atoms. The molecule has 3 nitrogen and oxygen atoms in total. The maximum absolute atomic E-state index is 11.0. The summed E-state index contributed by atoms with van der Waals surface area (Å²) in [5.74, 6) is 0. The van der Waals surface area contributed by atoms with Crippen LogP contribution in [0.25, 0.3) is 10.9 Å². The summed E-state index contributed by atoms with van der Waals surface area (Å²) in [5.41, 5.74) is 6.33. The Kier molecular flexibility index (Phi) is 4.14. The highest BCUT2D eigenvalue weighted by atomic mass is 16.3. The standard InChI is InChI=1S/C22H26N2O/c1-15-9-10-20-18(13-15)19-14-23(3)12-11-21(19)24(20)16(2)22(25)17-7-5-4-6-8-17/h4-10,13,16,22,25H,11-12,14H2,1-3H3. The molecule has 130 valence electrons. The minimum absolute atomic E-state index is 0.000220. The van der Waals surface area contributed by atoms with Crippen LogP contribution in [0.3, 0.4) is 0 Å². The van der Waals surface area contributed by atoms with Crippen molar-refractivity contribution in [2.45, 2.75) is 39.0 Å². The van der Waals surface area contributed by atoms with Crippen molar-refractivity contribution < 1.29 is 5.11 Å². The van der Waals surface area contributed by atoms with Crippen LogP contribution in [0.4, 0.5) is 0 Å². The van der Waals surface area contributed by atoms with Crippen molar-refractivity contribution in [2.75, 3.05) is 13.6 Å². The second kappa shape index (κ2) is 6.32. The molecule has 0 amide bonds. The number of likely N-dealkylation sites (N-methyl/N-ethyl adjacent to an activating group) is 1. The fourth-order valence-corrected chi connectivity index (χ4v) is 4.18. The molecule has 1 aliphatic rings. The van der Waals surface area contributed by atoms with Crippen molar-refractivity contribution in [1.29, 1.82) is 0 Å². The summed E-state index contributed by atoms with van der Waals surface area (Å²) in [4.78, 5) is 2.38. The lowest BCUT2D eigenvalue weighted by atomic mass is 10.0. The fourth-order valence-electron chi connectivity index (χ4n) is 4.18. The SMILES string of the molecule is Cc1ccc2c(c1)c1c(n2C(C)C(O)c2ccccc2)CCN(C)C1. The van der Waals surface area contributed by atoms with Gasteiger partial charge in [0.15, 0.2) is 0 Å². The number of rotatable bonds is 3. The molecule has 1 aromatic heterocycles. The molecule has 0 radical (unpaired) electrons. The van der Waals surface area contributed by atoms with Crippen LogP contribution in [0.15, 0.2) is 48.5 Å². The third kappa shape index (κ3) is 2.78. The molecule has 2 aromatic carbocycles. The normalized spacial score (nSPS) is 17.4. The molecule has 0 saturated carbocycles. The lowest BCUT2D eigenvalue weighted by molar-refractivity contribution is 0.122. The highest BCUT2D eigenvalue weighted by molar-refractivity contribution is 5.86. The third-order valence-electron chi connectivity index (χ3n) is 5.54. The first kappa shape index (κ1) is 16.4. The Morgan fingerprint density at radius 1 is 1.08 bits per heavy atom. The number of aliphatic hydroxyl groups excluding tert-OH is 1. The monoisotopic (exact) mass is 334 g/mol. The van der Waals surface area contributed by atoms with Crippen LogP contribution in [-0.2, 0) is 13.0 Å². The number of aromatic nitrogens is 1. The zero-order valence-electron chi connectivity index (χ0n) is 15.2. The highest BCUT2D eigenvalue weighted by Gasteiger charge is 2.27. The van der Waals surface area contributed by atoms with Crippen molar-refractivity contribution in [2.24, 2.45) is 0 Å². The number of nitrogens with zero attached hydrogens (tertiary/aromatic N) is 2. The molecule has 2 unspecified atom stereocenters. The van der Waals surface area contributed by atoms with E-state index in [1.54, 1.807) is 0 Å². The van der Waals surface area contributed by atoms with E-state index in [0.29, 0.717) is 0 Å². The number of aliphatic hydroxyl groups is 1. The molecular weight excluding hydrogens is 308 g/mol. The van der Waals surface area contributed by atoms with E-state index in [9.17, 15) is 5.11 Å². The van der Waals surface area contributed by atoms with E-state index in [1.165, 1.54) is 27.7 Å².